The summed E-state index contributed by atoms with van der Waals surface area (Å²) in [5.74, 6) is -0.374. The largest absolute Gasteiger partial charge is 0.251 e. The molecule has 0 unspecified atom stereocenters. The molecular formula is C11H6ClFN4. The van der Waals surface area contributed by atoms with Crippen molar-refractivity contribution in [3.8, 4) is 11.3 Å². The number of halogens is 2. The highest BCUT2D eigenvalue weighted by molar-refractivity contribution is 6.33. The van der Waals surface area contributed by atoms with E-state index in [0.717, 1.165) is 0 Å². The first kappa shape index (κ1) is 10.2. The summed E-state index contributed by atoms with van der Waals surface area (Å²) in [5.41, 5.74) is 1.92. The van der Waals surface area contributed by atoms with Crippen LogP contribution in [0.4, 0.5) is 4.39 Å². The Morgan fingerprint density at radius 1 is 1.24 bits per heavy atom. The summed E-state index contributed by atoms with van der Waals surface area (Å²) in [4.78, 5) is 8.20. The molecule has 0 N–H and O–H groups in total. The smallest absolute Gasteiger partial charge is 0.173 e. The molecule has 0 amide bonds. The van der Waals surface area contributed by atoms with E-state index in [1.54, 1.807) is 23.0 Å². The van der Waals surface area contributed by atoms with Crippen molar-refractivity contribution in [2.45, 2.75) is 0 Å². The molecule has 0 aliphatic carbocycles. The van der Waals surface area contributed by atoms with Crippen molar-refractivity contribution in [1.82, 2.24) is 19.6 Å². The minimum Gasteiger partial charge on any atom is -0.251 e. The zero-order valence-corrected chi connectivity index (χ0v) is 9.26. The molecule has 2 heterocycles. The maximum absolute atomic E-state index is 12.9. The highest BCUT2D eigenvalue weighted by Gasteiger charge is 2.07. The van der Waals surface area contributed by atoms with Crippen LogP contribution < -0.4 is 0 Å². The maximum atomic E-state index is 12.9. The molecular weight excluding hydrogens is 243 g/mol. The Morgan fingerprint density at radius 3 is 2.94 bits per heavy atom. The van der Waals surface area contributed by atoms with Gasteiger partial charge in [0.15, 0.2) is 5.65 Å². The van der Waals surface area contributed by atoms with Gasteiger partial charge < -0.3 is 0 Å². The fourth-order valence-electron chi connectivity index (χ4n) is 1.56. The molecule has 0 saturated heterocycles. The summed E-state index contributed by atoms with van der Waals surface area (Å²) in [6.45, 7) is 0. The fraction of sp³-hybridized carbons (Fsp3) is 0. The van der Waals surface area contributed by atoms with Crippen LogP contribution in [0.5, 0.6) is 0 Å². The van der Waals surface area contributed by atoms with Crippen molar-refractivity contribution in [1.29, 1.82) is 0 Å². The Balaban J connectivity index is 2.19. The lowest BCUT2D eigenvalue weighted by Crippen LogP contribution is -1.92. The fourth-order valence-corrected chi connectivity index (χ4v) is 1.83. The van der Waals surface area contributed by atoms with Gasteiger partial charge in [0.2, 0.25) is 0 Å². The Hall–Kier alpha value is -2.01. The van der Waals surface area contributed by atoms with Crippen LogP contribution in [0.3, 0.4) is 0 Å². The lowest BCUT2D eigenvalue weighted by molar-refractivity contribution is 0.628. The maximum Gasteiger partial charge on any atom is 0.173 e. The van der Waals surface area contributed by atoms with E-state index in [2.05, 4.69) is 15.1 Å². The Morgan fingerprint density at radius 2 is 2.12 bits per heavy atom. The zero-order chi connectivity index (χ0) is 11.8. The van der Waals surface area contributed by atoms with Crippen LogP contribution in [0.1, 0.15) is 0 Å². The summed E-state index contributed by atoms with van der Waals surface area (Å²) in [5, 5.41) is 4.32. The Kier molecular flexibility index (Phi) is 2.26. The molecule has 2 aromatic heterocycles. The van der Waals surface area contributed by atoms with Crippen molar-refractivity contribution < 1.29 is 4.39 Å². The molecule has 0 aliphatic heterocycles. The van der Waals surface area contributed by atoms with Crippen molar-refractivity contribution in [2.24, 2.45) is 0 Å². The summed E-state index contributed by atoms with van der Waals surface area (Å²) in [6, 6.07) is 4.18. The minimum absolute atomic E-state index is 0.317. The van der Waals surface area contributed by atoms with Crippen LogP contribution in [-0.4, -0.2) is 19.6 Å². The number of rotatable bonds is 1. The molecule has 6 heteroatoms. The topological polar surface area (TPSA) is 43.1 Å². The average molecular weight is 249 g/mol. The highest BCUT2D eigenvalue weighted by atomic mass is 35.5. The first-order chi connectivity index (χ1) is 8.24. The minimum atomic E-state index is -0.374. The molecule has 17 heavy (non-hydrogen) atoms. The second-order valence-electron chi connectivity index (χ2n) is 3.46. The van der Waals surface area contributed by atoms with Crippen molar-refractivity contribution in [2.75, 3.05) is 0 Å². The van der Waals surface area contributed by atoms with Crippen LogP contribution in [0.25, 0.3) is 16.9 Å². The van der Waals surface area contributed by atoms with Gasteiger partial charge in [-0.3, -0.25) is 4.98 Å². The lowest BCUT2D eigenvalue weighted by Gasteiger charge is -2.03. The molecule has 0 atom stereocenters. The molecule has 0 saturated carbocycles. The normalized spacial score (nSPS) is 10.9. The van der Waals surface area contributed by atoms with E-state index in [4.69, 9.17) is 11.6 Å². The molecule has 0 aliphatic rings. The van der Waals surface area contributed by atoms with E-state index in [1.807, 2.05) is 0 Å². The zero-order valence-electron chi connectivity index (χ0n) is 8.51. The second-order valence-corrected chi connectivity index (χ2v) is 3.87. The quantitative estimate of drug-likeness (QED) is 0.665. The van der Waals surface area contributed by atoms with Gasteiger partial charge in [-0.15, -0.1) is 0 Å². The molecule has 0 bridgehead atoms. The first-order valence-electron chi connectivity index (χ1n) is 4.85. The summed E-state index contributed by atoms with van der Waals surface area (Å²) in [7, 11) is 0. The van der Waals surface area contributed by atoms with Crippen molar-refractivity contribution in [3.63, 3.8) is 0 Å². The van der Waals surface area contributed by atoms with Crippen LogP contribution >= 0.6 is 11.6 Å². The van der Waals surface area contributed by atoms with E-state index in [9.17, 15) is 4.39 Å². The van der Waals surface area contributed by atoms with Crippen molar-refractivity contribution in [3.05, 3.63) is 47.8 Å². The predicted octanol–water partition coefficient (Wildman–Crippen LogP) is 2.58. The van der Waals surface area contributed by atoms with Gasteiger partial charge in [-0.05, 0) is 18.2 Å². The van der Waals surface area contributed by atoms with Crippen LogP contribution in [0.2, 0.25) is 5.02 Å². The number of fused-ring (bicyclic) bond motifs is 1. The molecule has 0 fully saturated rings. The number of nitrogens with zero attached hydrogens (tertiary/aromatic N) is 4. The van der Waals surface area contributed by atoms with Gasteiger partial charge in [-0.1, -0.05) is 11.6 Å². The third kappa shape index (κ3) is 1.74. The summed E-state index contributed by atoms with van der Waals surface area (Å²) in [6.07, 6.45) is 4.72. The SMILES string of the molecule is Fc1ccc(-c2cn3ncnc3cn2)c(Cl)c1. The molecule has 0 spiro atoms. The van der Waals surface area contributed by atoms with E-state index in [-0.39, 0.29) is 5.82 Å². The average Bonchev–Trinajstić information content (AvgIpc) is 2.75. The number of hydrogen-bond acceptors (Lipinski definition) is 3. The number of aromatic nitrogens is 4. The number of benzene rings is 1. The van der Waals surface area contributed by atoms with Gasteiger partial charge in [-0.2, -0.15) is 5.10 Å². The highest BCUT2D eigenvalue weighted by Crippen LogP contribution is 2.26. The Labute approximate surface area is 101 Å². The van der Waals surface area contributed by atoms with E-state index in [1.165, 1.54) is 18.5 Å². The number of hydrogen-bond donors (Lipinski definition) is 0. The molecule has 3 aromatic rings. The first-order valence-corrected chi connectivity index (χ1v) is 5.22. The van der Waals surface area contributed by atoms with Crippen LogP contribution in [0, 0.1) is 5.82 Å². The standard InChI is InChI=1S/C11H6ClFN4/c12-9-3-7(13)1-2-8(9)10-5-17-11(4-14-10)15-6-16-17/h1-6H. The Bertz CT molecular complexity index is 695. The van der Waals surface area contributed by atoms with Gasteiger partial charge in [0.1, 0.15) is 12.1 Å². The van der Waals surface area contributed by atoms with E-state index in [0.29, 0.717) is 21.9 Å². The van der Waals surface area contributed by atoms with Gasteiger partial charge >= 0.3 is 0 Å². The molecule has 84 valence electrons. The molecule has 4 nitrogen and oxygen atoms in total. The van der Waals surface area contributed by atoms with Crippen molar-refractivity contribution >= 4 is 17.2 Å². The third-order valence-electron chi connectivity index (χ3n) is 2.37. The summed E-state index contributed by atoms with van der Waals surface area (Å²) < 4.78 is 14.5. The molecule has 3 rings (SSSR count). The summed E-state index contributed by atoms with van der Waals surface area (Å²) >= 11 is 5.96. The second kappa shape index (κ2) is 3.78. The van der Waals surface area contributed by atoms with E-state index < -0.39 is 0 Å². The van der Waals surface area contributed by atoms with Gasteiger partial charge in [0.25, 0.3) is 0 Å². The predicted molar refractivity (Wildman–Crippen MR) is 61.2 cm³/mol. The van der Waals surface area contributed by atoms with Crippen LogP contribution in [-0.2, 0) is 0 Å². The molecule has 1 aromatic carbocycles. The molecule has 0 radical (unpaired) electrons. The van der Waals surface area contributed by atoms with Gasteiger partial charge in [0, 0.05) is 5.56 Å². The van der Waals surface area contributed by atoms with Crippen LogP contribution in [0.15, 0.2) is 36.9 Å². The van der Waals surface area contributed by atoms with E-state index >= 15 is 0 Å². The van der Waals surface area contributed by atoms with Gasteiger partial charge in [0.05, 0.1) is 23.1 Å². The third-order valence-corrected chi connectivity index (χ3v) is 2.68. The lowest BCUT2D eigenvalue weighted by atomic mass is 10.1. The van der Waals surface area contributed by atoms with Gasteiger partial charge in [-0.25, -0.2) is 13.9 Å². The monoisotopic (exact) mass is 248 g/mol.